The van der Waals surface area contributed by atoms with Gasteiger partial charge in [-0.2, -0.15) is 0 Å². The van der Waals surface area contributed by atoms with Gasteiger partial charge in [-0.3, -0.25) is 0 Å². The summed E-state index contributed by atoms with van der Waals surface area (Å²) in [6.07, 6.45) is 4.02. The first-order valence-electron chi connectivity index (χ1n) is 9.73. The first kappa shape index (κ1) is 19.4. The highest BCUT2D eigenvalue weighted by Gasteiger charge is 2.24. The molecule has 1 aromatic carbocycles. The van der Waals surface area contributed by atoms with E-state index in [0.29, 0.717) is 23.1 Å². The molecular weight excluding hydrogens is 343 g/mol. The van der Waals surface area contributed by atoms with Crippen LogP contribution in [-0.2, 0) is 6.42 Å². The summed E-state index contributed by atoms with van der Waals surface area (Å²) in [5.41, 5.74) is 13.8. The molecule has 0 aliphatic carbocycles. The second-order valence-electron chi connectivity index (χ2n) is 7.06. The molecule has 1 saturated heterocycles. The zero-order valence-corrected chi connectivity index (χ0v) is 16.1. The lowest BCUT2D eigenvalue weighted by atomic mass is 10.1. The maximum atomic E-state index is 14.0. The smallest absolute Gasteiger partial charge is 0.166 e. The zero-order chi connectivity index (χ0) is 19.4. The summed E-state index contributed by atoms with van der Waals surface area (Å²) >= 11 is 0. The number of nitrogens with one attached hydrogen (secondary N) is 1. The van der Waals surface area contributed by atoms with Crippen molar-refractivity contribution in [3.8, 4) is 11.4 Å². The fraction of sp³-hybridized carbons (Fsp3) is 0.500. The van der Waals surface area contributed by atoms with Crippen molar-refractivity contribution in [3.05, 3.63) is 29.7 Å². The first-order valence-corrected chi connectivity index (χ1v) is 9.73. The molecule has 3 rings (SSSR count). The Kier molecular flexibility index (Phi) is 6.11. The van der Waals surface area contributed by atoms with Crippen molar-refractivity contribution in [3.63, 3.8) is 0 Å². The predicted molar refractivity (Wildman–Crippen MR) is 109 cm³/mol. The summed E-state index contributed by atoms with van der Waals surface area (Å²) in [6, 6.07) is 5.29. The van der Waals surface area contributed by atoms with E-state index in [9.17, 15) is 4.39 Å². The van der Waals surface area contributed by atoms with Crippen LogP contribution in [0.25, 0.3) is 11.4 Å². The minimum absolute atomic E-state index is 0.000500. The number of rotatable bonds is 7. The predicted octanol–water partition coefficient (Wildman–Crippen LogP) is 2.98. The van der Waals surface area contributed by atoms with Crippen molar-refractivity contribution in [2.75, 3.05) is 36.0 Å². The van der Waals surface area contributed by atoms with Gasteiger partial charge in [-0.05, 0) is 37.9 Å². The van der Waals surface area contributed by atoms with Gasteiger partial charge in [0, 0.05) is 36.6 Å². The normalized spacial score (nSPS) is 16.9. The lowest BCUT2D eigenvalue weighted by Gasteiger charge is -2.20. The Hall–Kier alpha value is -2.41. The number of halogens is 1. The van der Waals surface area contributed by atoms with Crippen LogP contribution in [0.15, 0.2) is 18.2 Å². The average molecular weight is 372 g/mol. The summed E-state index contributed by atoms with van der Waals surface area (Å²) < 4.78 is 14.0. The fourth-order valence-electron chi connectivity index (χ4n) is 3.53. The summed E-state index contributed by atoms with van der Waals surface area (Å²) in [4.78, 5) is 11.6. The van der Waals surface area contributed by atoms with E-state index < -0.39 is 5.82 Å². The number of hydrogen-bond acceptors (Lipinski definition) is 6. The van der Waals surface area contributed by atoms with Gasteiger partial charge in [-0.15, -0.1) is 0 Å². The van der Waals surface area contributed by atoms with E-state index in [2.05, 4.69) is 29.0 Å². The molecule has 146 valence electrons. The number of nitrogens with zero attached hydrogens (tertiary/aromatic N) is 3. The maximum absolute atomic E-state index is 14.0. The van der Waals surface area contributed by atoms with Crippen molar-refractivity contribution in [2.45, 2.75) is 45.6 Å². The van der Waals surface area contributed by atoms with Gasteiger partial charge in [-0.25, -0.2) is 14.4 Å². The zero-order valence-electron chi connectivity index (χ0n) is 16.1. The van der Waals surface area contributed by atoms with Crippen LogP contribution in [0.3, 0.4) is 0 Å². The van der Waals surface area contributed by atoms with Crippen LogP contribution in [0.4, 0.5) is 21.6 Å². The van der Waals surface area contributed by atoms with Crippen molar-refractivity contribution < 1.29 is 4.39 Å². The molecule has 1 fully saturated rings. The summed E-state index contributed by atoms with van der Waals surface area (Å²) in [6.45, 7) is 7.03. The van der Waals surface area contributed by atoms with Gasteiger partial charge >= 0.3 is 0 Å². The molecule has 0 amide bonds. The molecule has 1 aromatic heterocycles. The Morgan fingerprint density at radius 2 is 2.07 bits per heavy atom. The molecular formula is C20H29FN6. The number of unbranched alkanes of at least 4 members (excludes halogenated alkanes) is 1. The molecule has 5 N–H and O–H groups in total. The first-order chi connectivity index (χ1) is 13.0. The Bertz CT molecular complexity index is 794. The van der Waals surface area contributed by atoms with Gasteiger partial charge in [-0.1, -0.05) is 20.3 Å². The summed E-state index contributed by atoms with van der Waals surface area (Å²) in [5, 5.41) is 3.49. The number of likely N-dealkylation sites (N-methyl/N-ethyl adjacent to an activating group) is 1. The topological polar surface area (TPSA) is 93.1 Å². The molecule has 2 aromatic rings. The van der Waals surface area contributed by atoms with E-state index in [1.165, 1.54) is 12.1 Å². The lowest BCUT2D eigenvalue weighted by molar-refractivity contribution is 0.571. The number of anilines is 3. The van der Waals surface area contributed by atoms with Gasteiger partial charge in [0.25, 0.3) is 0 Å². The van der Waals surface area contributed by atoms with Crippen molar-refractivity contribution in [1.29, 1.82) is 0 Å². The van der Waals surface area contributed by atoms with Crippen LogP contribution in [0, 0.1) is 5.82 Å². The van der Waals surface area contributed by atoms with E-state index >= 15 is 0 Å². The molecule has 7 heteroatoms. The van der Waals surface area contributed by atoms with E-state index in [-0.39, 0.29) is 5.69 Å². The Labute approximate surface area is 160 Å². The third kappa shape index (κ3) is 4.30. The molecule has 1 aliphatic heterocycles. The Morgan fingerprint density at radius 3 is 2.81 bits per heavy atom. The molecule has 0 spiro atoms. The highest BCUT2D eigenvalue weighted by molar-refractivity contribution is 5.83. The molecule has 1 aliphatic rings. The molecule has 1 unspecified atom stereocenters. The van der Waals surface area contributed by atoms with E-state index in [1.807, 2.05) is 6.07 Å². The van der Waals surface area contributed by atoms with Crippen LogP contribution < -0.4 is 21.7 Å². The highest BCUT2D eigenvalue weighted by atomic mass is 19.1. The van der Waals surface area contributed by atoms with E-state index in [1.54, 1.807) is 0 Å². The maximum Gasteiger partial charge on any atom is 0.166 e. The van der Waals surface area contributed by atoms with Crippen LogP contribution in [0.1, 0.15) is 38.8 Å². The van der Waals surface area contributed by atoms with E-state index in [0.717, 1.165) is 56.8 Å². The number of benzene rings is 1. The Morgan fingerprint density at radius 1 is 1.26 bits per heavy atom. The number of hydrogen-bond donors (Lipinski definition) is 3. The highest BCUT2D eigenvalue weighted by Crippen LogP contribution is 2.33. The van der Waals surface area contributed by atoms with Crippen molar-refractivity contribution in [1.82, 2.24) is 15.3 Å². The van der Waals surface area contributed by atoms with Gasteiger partial charge in [0.15, 0.2) is 5.82 Å². The van der Waals surface area contributed by atoms with Crippen LogP contribution >= 0.6 is 0 Å². The summed E-state index contributed by atoms with van der Waals surface area (Å²) in [5.74, 6) is 0.756. The number of aromatic nitrogens is 2. The van der Waals surface area contributed by atoms with Crippen LogP contribution in [0.5, 0.6) is 0 Å². The van der Waals surface area contributed by atoms with Crippen molar-refractivity contribution in [2.24, 2.45) is 0 Å². The molecule has 0 saturated carbocycles. The second kappa shape index (κ2) is 8.52. The lowest BCUT2D eigenvalue weighted by Crippen LogP contribution is -2.32. The Balaban J connectivity index is 2.01. The molecule has 0 radical (unpaired) electrons. The molecule has 1 atom stereocenters. The molecule has 27 heavy (non-hydrogen) atoms. The third-order valence-electron chi connectivity index (χ3n) is 5.01. The minimum Gasteiger partial charge on any atom is -0.398 e. The second-order valence-corrected chi connectivity index (χ2v) is 7.06. The van der Waals surface area contributed by atoms with Gasteiger partial charge in [0.2, 0.25) is 0 Å². The van der Waals surface area contributed by atoms with Gasteiger partial charge < -0.3 is 21.7 Å². The summed E-state index contributed by atoms with van der Waals surface area (Å²) in [7, 11) is 0. The van der Waals surface area contributed by atoms with Crippen molar-refractivity contribution >= 4 is 17.2 Å². The quantitative estimate of drug-likeness (QED) is 0.647. The monoisotopic (exact) mass is 372 g/mol. The average Bonchev–Trinajstić information content (AvgIpc) is 3.12. The van der Waals surface area contributed by atoms with Gasteiger partial charge in [0.05, 0.1) is 11.3 Å². The standard InChI is InChI=1S/C20H29FN6/c1-3-5-6-13-11-17(27-10-9-14(12-27)24-4-2)26-20(25-13)18-16(22)8-7-15(21)19(18)23/h7-8,11,14,24H,3-6,9-10,12,22-23H2,1-2H3. The SMILES string of the molecule is CCCCc1cc(N2CCC(NCC)C2)nc(-c2c(N)ccc(F)c2N)n1. The number of nitrogen functional groups attached to an aromatic ring is 2. The number of aryl methyl sites for hydroxylation is 1. The fourth-order valence-corrected chi connectivity index (χ4v) is 3.53. The molecule has 0 bridgehead atoms. The molecule has 2 heterocycles. The minimum atomic E-state index is -0.503. The molecule has 6 nitrogen and oxygen atoms in total. The van der Waals surface area contributed by atoms with E-state index in [4.69, 9.17) is 16.5 Å². The largest absolute Gasteiger partial charge is 0.398 e. The van der Waals surface area contributed by atoms with Crippen LogP contribution in [0.2, 0.25) is 0 Å². The third-order valence-corrected chi connectivity index (χ3v) is 5.01. The number of nitrogens with two attached hydrogens (primary N) is 2. The van der Waals surface area contributed by atoms with Crippen LogP contribution in [-0.4, -0.2) is 35.6 Å². The van der Waals surface area contributed by atoms with Gasteiger partial charge in [0.1, 0.15) is 11.6 Å².